The van der Waals surface area contributed by atoms with Gasteiger partial charge in [-0.3, -0.25) is 0 Å². The zero-order chi connectivity index (χ0) is 14.4. The fourth-order valence-electron chi connectivity index (χ4n) is 1.67. The number of aromatic nitrogens is 4. The highest BCUT2D eigenvalue weighted by Gasteiger charge is 2.18. The minimum absolute atomic E-state index is 0.00558. The van der Waals surface area contributed by atoms with E-state index in [-0.39, 0.29) is 17.3 Å². The van der Waals surface area contributed by atoms with Gasteiger partial charge in [0.2, 0.25) is 10.0 Å². The number of hydrogen-bond acceptors (Lipinski definition) is 6. The van der Waals surface area contributed by atoms with Gasteiger partial charge in [0.15, 0.2) is 5.82 Å². The lowest BCUT2D eigenvalue weighted by Crippen LogP contribution is -2.26. The first-order valence-corrected chi connectivity index (χ1v) is 7.62. The third-order valence-electron chi connectivity index (χ3n) is 2.64. The highest BCUT2D eigenvalue weighted by atomic mass is 32.2. The van der Waals surface area contributed by atoms with E-state index in [1.807, 2.05) is 13.0 Å². The van der Waals surface area contributed by atoms with Crippen LogP contribution in [-0.4, -0.2) is 35.6 Å². The van der Waals surface area contributed by atoms with Crippen LogP contribution < -0.4 is 10.0 Å². The van der Waals surface area contributed by atoms with Crippen LogP contribution in [0, 0.1) is 0 Å². The molecule has 0 amide bonds. The van der Waals surface area contributed by atoms with E-state index >= 15 is 0 Å². The van der Waals surface area contributed by atoms with Crippen LogP contribution in [0.2, 0.25) is 0 Å². The Morgan fingerprint density at radius 3 is 2.75 bits per heavy atom. The van der Waals surface area contributed by atoms with Gasteiger partial charge in [-0.15, -0.1) is 10.2 Å². The highest BCUT2D eigenvalue weighted by Crippen LogP contribution is 2.15. The van der Waals surface area contributed by atoms with Crippen molar-refractivity contribution in [1.29, 1.82) is 0 Å². The maximum atomic E-state index is 12.3. The Kier molecular flexibility index (Phi) is 4.77. The van der Waals surface area contributed by atoms with Gasteiger partial charge < -0.3 is 5.32 Å². The van der Waals surface area contributed by atoms with Gasteiger partial charge in [-0.1, -0.05) is 30.3 Å². The van der Waals surface area contributed by atoms with E-state index in [1.54, 1.807) is 18.2 Å². The SMILES string of the molecule is CCNCc1ccccc1S(=O)(=O)NCc1nn[nH]n1. The number of benzene rings is 1. The number of nitrogens with one attached hydrogen (secondary N) is 3. The molecule has 20 heavy (non-hydrogen) atoms. The lowest BCUT2D eigenvalue weighted by Gasteiger charge is -2.10. The van der Waals surface area contributed by atoms with Crippen LogP contribution in [0.3, 0.4) is 0 Å². The molecule has 3 N–H and O–H groups in total. The number of hydrogen-bond donors (Lipinski definition) is 3. The van der Waals surface area contributed by atoms with E-state index in [0.29, 0.717) is 6.54 Å². The van der Waals surface area contributed by atoms with Gasteiger partial charge in [0.1, 0.15) is 0 Å². The van der Waals surface area contributed by atoms with Crippen molar-refractivity contribution in [2.24, 2.45) is 0 Å². The number of aromatic amines is 1. The number of tetrazole rings is 1. The lowest BCUT2D eigenvalue weighted by atomic mass is 10.2. The molecule has 9 heteroatoms. The van der Waals surface area contributed by atoms with Crippen LogP contribution in [-0.2, 0) is 23.1 Å². The molecule has 2 rings (SSSR count). The summed E-state index contributed by atoms with van der Waals surface area (Å²) in [5, 5.41) is 16.2. The fraction of sp³-hybridized carbons (Fsp3) is 0.364. The molecule has 1 aromatic carbocycles. The van der Waals surface area contributed by atoms with E-state index in [9.17, 15) is 8.42 Å². The Labute approximate surface area is 117 Å². The Morgan fingerprint density at radius 1 is 1.25 bits per heavy atom. The van der Waals surface area contributed by atoms with Gasteiger partial charge in [-0.25, -0.2) is 13.1 Å². The summed E-state index contributed by atoms with van der Waals surface area (Å²) in [5.41, 5.74) is 0.718. The average molecular weight is 296 g/mol. The molecule has 2 aromatic rings. The average Bonchev–Trinajstić information content (AvgIpc) is 2.97. The normalized spacial score (nSPS) is 11.7. The zero-order valence-electron chi connectivity index (χ0n) is 11.0. The molecule has 0 bridgehead atoms. The van der Waals surface area contributed by atoms with Crippen LogP contribution in [0.4, 0.5) is 0 Å². The van der Waals surface area contributed by atoms with Crippen LogP contribution in [0.25, 0.3) is 0 Å². The summed E-state index contributed by atoms with van der Waals surface area (Å²) in [6.07, 6.45) is 0. The molecule has 8 nitrogen and oxygen atoms in total. The molecule has 0 unspecified atom stereocenters. The molecule has 0 atom stereocenters. The highest BCUT2D eigenvalue weighted by molar-refractivity contribution is 7.89. The van der Waals surface area contributed by atoms with Gasteiger partial charge in [-0.2, -0.15) is 5.21 Å². The minimum Gasteiger partial charge on any atom is -0.313 e. The minimum atomic E-state index is -3.61. The first-order valence-electron chi connectivity index (χ1n) is 6.14. The quantitative estimate of drug-likeness (QED) is 0.651. The predicted octanol–water partition coefficient (Wildman–Crippen LogP) is -0.212. The molecule has 0 spiro atoms. The molecule has 1 aromatic heterocycles. The summed E-state index contributed by atoms with van der Waals surface area (Å²) in [7, 11) is -3.61. The standard InChI is InChI=1S/C11H16N6O2S/c1-2-12-7-9-5-3-4-6-10(9)20(18,19)13-8-11-14-16-17-15-11/h3-6,12-13H,2,7-8H2,1H3,(H,14,15,16,17). The van der Waals surface area contributed by atoms with Crippen molar-refractivity contribution in [2.45, 2.75) is 24.9 Å². The zero-order valence-corrected chi connectivity index (χ0v) is 11.8. The van der Waals surface area contributed by atoms with Crippen molar-refractivity contribution in [3.05, 3.63) is 35.7 Å². The largest absolute Gasteiger partial charge is 0.313 e. The van der Waals surface area contributed by atoms with Gasteiger partial charge in [0.25, 0.3) is 0 Å². The number of rotatable bonds is 7. The van der Waals surface area contributed by atoms with Crippen molar-refractivity contribution in [3.8, 4) is 0 Å². The Bertz CT molecular complexity index is 641. The van der Waals surface area contributed by atoms with Gasteiger partial charge >= 0.3 is 0 Å². The topological polar surface area (TPSA) is 113 Å². The Morgan fingerprint density at radius 2 is 2.05 bits per heavy atom. The van der Waals surface area contributed by atoms with Crippen LogP contribution in [0.1, 0.15) is 18.3 Å². The van der Waals surface area contributed by atoms with Crippen molar-refractivity contribution >= 4 is 10.0 Å². The van der Waals surface area contributed by atoms with Crippen molar-refractivity contribution in [3.63, 3.8) is 0 Å². The third-order valence-corrected chi connectivity index (χ3v) is 4.14. The summed E-state index contributed by atoms with van der Waals surface area (Å²) < 4.78 is 27.0. The van der Waals surface area contributed by atoms with E-state index in [1.165, 1.54) is 0 Å². The van der Waals surface area contributed by atoms with Crippen LogP contribution in [0.15, 0.2) is 29.2 Å². The van der Waals surface area contributed by atoms with Crippen LogP contribution in [0.5, 0.6) is 0 Å². The van der Waals surface area contributed by atoms with Gasteiger partial charge in [-0.05, 0) is 18.2 Å². The van der Waals surface area contributed by atoms with E-state index in [4.69, 9.17) is 0 Å². The Hall–Kier alpha value is -1.84. The molecule has 0 saturated carbocycles. The van der Waals surface area contributed by atoms with E-state index in [2.05, 4.69) is 30.7 Å². The first-order chi connectivity index (χ1) is 9.63. The first kappa shape index (κ1) is 14.6. The summed E-state index contributed by atoms with van der Waals surface area (Å²) in [6, 6.07) is 6.86. The molecular formula is C11H16N6O2S. The molecule has 0 radical (unpaired) electrons. The maximum Gasteiger partial charge on any atom is 0.241 e. The van der Waals surface area contributed by atoms with Gasteiger partial charge in [0.05, 0.1) is 11.4 Å². The number of sulfonamides is 1. The van der Waals surface area contributed by atoms with Crippen molar-refractivity contribution in [1.82, 2.24) is 30.7 Å². The van der Waals surface area contributed by atoms with Crippen LogP contribution >= 0.6 is 0 Å². The summed E-state index contributed by atoms with van der Waals surface area (Å²) in [4.78, 5) is 0.254. The molecule has 1 heterocycles. The van der Waals surface area contributed by atoms with E-state index in [0.717, 1.165) is 12.1 Å². The number of nitrogens with zero attached hydrogens (tertiary/aromatic N) is 3. The molecule has 0 aliphatic carbocycles. The summed E-state index contributed by atoms with van der Waals surface area (Å²) in [5.74, 6) is 0.290. The monoisotopic (exact) mass is 296 g/mol. The molecule has 0 fully saturated rings. The summed E-state index contributed by atoms with van der Waals surface area (Å²) in [6.45, 7) is 3.22. The molecule has 108 valence electrons. The number of H-pyrrole nitrogens is 1. The van der Waals surface area contributed by atoms with Crippen molar-refractivity contribution in [2.75, 3.05) is 6.54 Å². The smallest absolute Gasteiger partial charge is 0.241 e. The van der Waals surface area contributed by atoms with Crippen molar-refractivity contribution < 1.29 is 8.42 Å². The van der Waals surface area contributed by atoms with E-state index < -0.39 is 10.0 Å². The Balaban J connectivity index is 2.16. The predicted molar refractivity (Wildman–Crippen MR) is 72.0 cm³/mol. The molecular weight excluding hydrogens is 280 g/mol. The lowest BCUT2D eigenvalue weighted by molar-refractivity contribution is 0.576. The van der Waals surface area contributed by atoms with Gasteiger partial charge in [0, 0.05) is 6.54 Å². The third kappa shape index (κ3) is 3.59. The molecule has 0 aliphatic heterocycles. The fourth-order valence-corrected chi connectivity index (χ4v) is 2.88. The second kappa shape index (κ2) is 6.55. The molecule has 0 aliphatic rings. The summed E-state index contributed by atoms with van der Waals surface area (Å²) >= 11 is 0. The molecule has 0 saturated heterocycles. The maximum absolute atomic E-state index is 12.3. The second-order valence-corrected chi connectivity index (χ2v) is 5.78. The second-order valence-electron chi connectivity index (χ2n) is 4.04.